The van der Waals surface area contributed by atoms with Crippen LogP contribution in [0, 0.1) is 3.57 Å². The van der Waals surface area contributed by atoms with Crippen molar-refractivity contribution < 1.29 is 8.42 Å². The van der Waals surface area contributed by atoms with Gasteiger partial charge in [-0.25, -0.2) is 22.7 Å². The van der Waals surface area contributed by atoms with Crippen LogP contribution < -0.4 is 5.32 Å². The average molecular weight is 384 g/mol. The molecule has 0 aliphatic carbocycles. The smallest absolute Gasteiger partial charge is 0.211 e. The highest BCUT2D eigenvalue weighted by Gasteiger charge is 2.13. The summed E-state index contributed by atoms with van der Waals surface area (Å²) in [6, 6.07) is 0. The van der Waals surface area contributed by atoms with Crippen molar-refractivity contribution in [3.05, 3.63) is 16.1 Å². The molecule has 0 saturated heterocycles. The molecular weight excluding hydrogens is 367 g/mol. The quantitative estimate of drug-likeness (QED) is 0.564. The van der Waals surface area contributed by atoms with Gasteiger partial charge >= 0.3 is 0 Å². The summed E-state index contributed by atoms with van der Waals surface area (Å²) in [6.07, 6.45) is 5.18. The SMILES string of the molecule is CCN(CCCNc1ncncc1I)S(C)(=O)=O. The molecule has 0 radical (unpaired) electrons. The highest BCUT2D eigenvalue weighted by molar-refractivity contribution is 14.1. The van der Waals surface area contributed by atoms with Gasteiger partial charge in [0, 0.05) is 25.8 Å². The van der Waals surface area contributed by atoms with Gasteiger partial charge in [-0.05, 0) is 29.0 Å². The molecule has 0 unspecified atom stereocenters. The van der Waals surface area contributed by atoms with Crippen molar-refractivity contribution in [2.45, 2.75) is 13.3 Å². The lowest BCUT2D eigenvalue weighted by molar-refractivity contribution is 0.428. The molecule has 0 saturated carbocycles. The summed E-state index contributed by atoms with van der Waals surface area (Å²) in [5.41, 5.74) is 0. The Hall–Kier alpha value is -0.480. The Balaban J connectivity index is 2.37. The standard InChI is InChI=1S/C10H17IN4O2S/c1-3-15(18(2,16)17)6-4-5-13-10-9(11)7-12-8-14-10/h7-8H,3-6H2,1-2H3,(H,12,13,14). The van der Waals surface area contributed by atoms with Crippen molar-refractivity contribution in [1.29, 1.82) is 0 Å². The summed E-state index contributed by atoms with van der Waals surface area (Å²) < 4.78 is 25.1. The molecule has 0 aromatic carbocycles. The summed E-state index contributed by atoms with van der Waals surface area (Å²) in [7, 11) is -3.09. The number of nitrogens with one attached hydrogen (secondary N) is 1. The molecule has 102 valence electrons. The van der Waals surface area contributed by atoms with E-state index in [4.69, 9.17) is 0 Å². The van der Waals surface area contributed by atoms with Crippen LogP contribution in [0.1, 0.15) is 13.3 Å². The maximum atomic E-state index is 11.4. The van der Waals surface area contributed by atoms with Crippen molar-refractivity contribution in [3.8, 4) is 0 Å². The van der Waals surface area contributed by atoms with E-state index in [0.717, 1.165) is 15.8 Å². The molecule has 1 heterocycles. The topological polar surface area (TPSA) is 75.2 Å². The Labute approximate surface area is 121 Å². The Bertz CT molecular complexity index is 481. The molecule has 18 heavy (non-hydrogen) atoms. The van der Waals surface area contributed by atoms with E-state index in [9.17, 15) is 8.42 Å². The summed E-state index contributed by atoms with van der Waals surface area (Å²) in [4.78, 5) is 8.00. The summed E-state index contributed by atoms with van der Waals surface area (Å²) in [5, 5.41) is 3.16. The van der Waals surface area contributed by atoms with Crippen molar-refractivity contribution in [1.82, 2.24) is 14.3 Å². The van der Waals surface area contributed by atoms with Gasteiger partial charge < -0.3 is 5.32 Å². The number of hydrogen-bond acceptors (Lipinski definition) is 5. The average Bonchev–Trinajstić information content (AvgIpc) is 2.29. The highest BCUT2D eigenvalue weighted by atomic mass is 127. The molecule has 0 fully saturated rings. The second-order valence-electron chi connectivity index (χ2n) is 3.75. The number of anilines is 1. The lowest BCUT2D eigenvalue weighted by Crippen LogP contribution is -2.31. The Kier molecular flexibility index (Phi) is 6.22. The van der Waals surface area contributed by atoms with Gasteiger partial charge in [0.1, 0.15) is 12.1 Å². The van der Waals surface area contributed by atoms with Crippen molar-refractivity contribution in [2.24, 2.45) is 0 Å². The zero-order valence-electron chi connectivity index (χ0n) is 10.4. The van der Waals surface area contributed by atoms with Crippen LogP contribution in [0.2, 0.25) is 0 Å². The number of rotatable bonds is 7. The minimum atomic E-state index is -3.09. The maximum absolute atomic E-state index is 11.4. The second-order valence-corrected chi connectivity index (χ2v) is 6.90. The van der Waals surface area contributed by atoms with Crippen molar-refractivity contribution in [3.63, 3.8) is 0 Å². The predicted octanol–water partition coefficient (Wildman–Crippen LogP) is 1.16. The van der Waals surface area contributed by atoms with Gasteiger partial charge in [0.2, 0.25) is 10.0 Å². The summed E-state index contributed by atoms with van der Waals surface area (Å²) in [6.45, 7) is 3.54. The van der Waals surface area contributed by atoms with Gasteiger partial charge in [0.15, 0.2) is 0 Å². The molecule has 8 heteroatoms. The van der Waals surface area contributed by atoms with E-state index < -0.39 is 10.0 Å². The fourth-order valence-electron chi connectivity index (χ4n) is 1.46. The largest absolute Gasteiger partial charge is 0.369 e. The van der Waals surface area contributed by atoms with Crippen LogP contribution in [0.25, 0.3) is 0 Å². The number of aromatic nitrogens is 2. The van der Waals surface area contributed by atoms with Gasteiger partial charge in [-0.3, -0.25) is 0 Å². The Morgan fingerprint density at radius 3 is 2.78 bits per heavy atom. The van der Waals surface area contributed by atoms with E-state index in [0.29, 0.717) is 19.6 Å². The second kappa shape index (κ2) is 7.19. The fraction of sp³-hybridized carbons (Fsp3) is 0.600. The third kappa shape index (κ3) is 5.02. The molecule has 0 aliphatic rings. The van der Waals surface area contributed by atoms with Gasteiger partial charge in [-0.1, -0.05) is 6.92 Å². The lowest BCUT2D eigenvalue weighted by atomic mass is 10.4. The maximum Gasteiger partial charge on any atom is 0.211 e. The highest BCUT2D eigenvalue weighted by Crippen LogP contribution is 2.12. The Morgan fingerprint density at radius 1 is 1.50 bits per heavy atom. The van der Waals surface area contributed by atoms with Crippen LogP contribution >= 0.6 is 22.6 Å². The van der Waals surface area contributed by atoms with E-state index in [1.807, 2.05) is 6.92 Å². The third-order valence-electron chi connectivity index (χ3n) is 2.37. The molecule has 1 rings (SSSR count). The molecule has 6 nitrogen and oxygen atoms in total. The molecule has 0 spiro atoms. The minimum Gasteiger partial charge on any atom is -0.369 e. The first-order valence-electron chi connectivity index (χ1n) is 5.59. The van der Waals surface area contributed by atoms with E-state index in [1.165, 1.54) is 16.9 Å². The molecule has 0 bridgehead atoms. The molecule has 1 aromatic rings. The third-order valence-corrected chi connectivity index (χ3v) is 4.53. The van der Waals surface area contributed by atoms with E-state index in [2.05, 4.69) is 37.9 Å². The van der Waals surface area contributed by atoms with Gasteiger partial charge in [0.05, 0.1) is 9.83 Å². The number of nitrogens with zero attached hydrogens (tertiary/aromatic N) is 3. The van der Waals surface area contributed by atoms with Crippen LogP contribution in [0.4, 0.5) is 5.82 Å². The van der Waals surface area contributed by atoms with Crippen LogP contribution in [0.3, 0.4) is 0 Å². The molecule has 1 N–H and O–H groups in total. The fourth-order valence-corrected chi connectivity index (χ4v) is 2.88. The van der Waals surface area contributed by atoms with Crippen LogP contribution in [-0.2, 0) is 10.0 Å². The predicted molar refractivity (Wildman–Crippen MR) is 79.9 cm³/mol. The van der Waals surface area contributed by atoms with Crippen LogP contribution in [0.5, 0.6) is 0 Å². The van der Waals surface area contributed by atoms with E-state index in [-0.39, 0.29) is 0 Å². The normalized spacial score (nSPS) is 11.8. The van der Waals surface area contributed by atoms with Crippen molar-refractivity contribution in [2.75, 3.05) is 31.2 Å². The van der Waals surface area contributed by atoms with Crippen LogP contribution in [-0.4, -0.2) is 48.6 Å². The first-order valence-corrected chi connectivity index (χ1v) is 8.52. The first kappa shape index (κ1) is 15.6. The molecular formula is C10H17IN4O2S. The summed E-state index contributed by atoms with van der Waals surface area (Å²) >= 11 is 2.15. The zero-order valence-corrected chi connectivity index (χ0v) is 13.4. The monoisotopic (exact) mass is 384 g/mol. The molecule has 0 amide bonds. The van der Waals surface area contributed by atoms with Gasteiger partial charge in [0.25, 0.3) is 0 Å². The van der Waals surface area contributed by atoms with Gasteiger partial charge in [-0.2, -0.15) is 0 Å². The van der Waals surface area contributed by atoms with Gasteiger partial charge in [-0.15, -0.1) is 0 Å². The molecule has 1 aromatic heterocycles. The number of sulfonamides is 1. The summed E-state index contributed by atoms with van der Waals surface area (Å²) in [5.74, 6) is 0.785. The Morgan fingerprint density at radius 2 is 2.22 bits per heavy atom. The molecule has 0 atom stereocenters. The van der Waals surface area contributed by atoms with E-state index >= 15 is 0 Å². The first-order chi connectivity index (χ1) is 8.45. The van der Waals surface area contributed by atoms with Crippen LogP contribution in [0.15, 0.2) is 12.5 Å². The number of hydrogen-bond donors (Lipinski definition) is 1. The van der Waals surface area contributed by atoms with Crippen molar-refractivity contribution >= 4 is 38.4 Å². The molecule has 0 aliphatic heterocycles. The lowest BCUT2D eigenvalue weighted by Gasteiger charge is -2.17. The van der Waals surface area contributed by atoms with E-state index in [1.54, 1.807) is 6.20 Å². The zero-order chi connectivity index (χ0) is 13.6. The number of halogens is 1. The minimum absolute atomic E-state index is 0.504.